The number of carboxylic acids is 1. The Morgan fingerprint density at radius 1 is 0.900 bits per heavy atom. The number of aliphatic carboxylic acids is 1. The van der Waals surface area contributed by atoms with Gasteiger partial charge in [-0.3, -0.25) is 4.79 Å². The number of ether oxygens (including phenoxy) is 4. The number of carbonyl (C=O) groups excluding carboxylic acids is 1. The summed E-state index contributed by atoms with van der Waals surface area (Å²) in [4.78, 5) is 26.6. The molecule has 0 unspecified atom stereocenters. The van der Waals surface area contributed by atoms with E-state index in [2.05, 4.69) is 4.98 Å². The van der Waals surface area contributed by atoms with E-state index in [0.29, 0.717) is 30.5 Å². The van der Waals surface area contributed by atoms with Gasteiger partial charge in [-0.25, -0.2) is 9.78 Å². The van der Waals surface area contributed by atoms with Gasteiger partial charge in [-0.2, -0.15) is 0 Å². The van der Waals surface area contributed by atoms with Crippen LogP contribution in [0.1, 0.15) is 111 Å². The number of esters is 1. The minimum absolute atomic E-state index is 0.0982. The molecule has 1 aromatic rings. The lowest BCUT2D eigenvalue weighted by molar-refractivity contribution is -0.145. The van der Waals surface area contributed by atoms with Crippen LogP contribution in [0.2, 0.25) is 0 Å². The van der Waals surface area contributed by atoms with Crippen LogP contribution in [0, 0.1) is 11.8 Å². The Balaban J connectivity index is 0. The molecule has 11 heteroatoms. The highest BCUT2D eigenvalue weighted by Gasteiger charge is 2.19. The van der Waals surface area contributed by atoms with Crippen molar-refractivity contribution in [2.75, 3.05) is 26.4 Å². The Labute approximate surface area is 251 Å². The molecule has 0 fully saturated rings. The van der Waals surface area contributed by atoms with Gasteiger partial charge in [-0.15, -0.1) is 11.3 Å². The maximum atomic E-state index is 11.5. The van der Waals surface area contributed by atoms with E-state index in [-0.39, 0.29) is 41.2 Å². The molecule has 0 aliphatic heterocycles. The van der Waals surface area contributed by atoms with Gasteiger partial charge in [0.1, 0.15) is 0 Å². The van der Waals surface area contributed by atoms with Crippen LogP contribution in [-0.2, 0) is 23.7 Å². The predicted molar refractivity (Wildman–Crippen MR) is 166 cm³/mol. The SMILES string of the molecule is CCOC(=O)c1csc([C@H](C)COC(C)(C)C)n1.C[C@H](COC(C)(C)C)C(=O)O.C[C@H](COC(C)(C)C)C(N)=S. The maximum Gasteiger partial charge on any atom is 0.357 e. The quantitative estimate of drug-likeness (QED) is 0.213. The van der Waals surface area contributed by atoms with Crippen LogP contribution in [0.15, 0.2) is 5.38 Å². The molecule has 9 nitrogen and oxygen atoms in total. The molecule has 0 radical (unpaired) electrons. The average molecular weight is 607 g/mol. The molecular formula is C29H54N2O7S2. The van der Waals surface area contributed by atoms with Crippen molar-refractivity contribution in [3.05, 3.63) is 16.1 Å². The lowest BCUT2D eigenvalue weighted by Gasteiger charge is -2.21. The summed E-state index contributed by atoms with van der Waals surface area (Å²) in [6, 6.07) is 0. The third kappa shape index (κ3) is 23.1. The molecule has 0 amide bonds. The Morgan fingerprint density at radius 3 is 1.70 bits per heavy atom. The number of aromatic nitrogens is 1. The van der Waals surface area contributed by atoms with Gasteiger partial charge >= 0.3 is 11.9 Å². The normalized spacial score (nSPS) is 14.0. The molecule has 0 saturated carbocycles. The minimum atomic E-state index is -0.811. The van der Waals surface area contributed by atoms with Crippen molar-refractivity contribution in [3.8, 4) is 0 Å². The van der Waals surface area contributed by atoms with E-state index in [1.54, 1.807) is 19.2 Å². The smallest absolute Gasteiger partial charge is 0.357 e. The monoisotopic (exact) mass is 606 g/mol. The van der Waals surface area contributed by atoms with E-state index in [1.807, 2.05) is 76.2 Å². The zero-order valence-electron chi connectivity index (χ0n) is 26.9. The third-order valence-corrected chi connectivity index (χ3v) is 6.11. The van der Waals surface area contributed by atoms with E-state index < -0.39 is 11.9 Å². The number of nitrogens with zero attached hydrogens (tertiary/aromatic N) is 1. The van der Waals surface area contributed by atoms with Crippen LogP contribution in [0.3, 0.4) is 0 Å². The van der Waals surface area contributed by atoms with Crippen LogP contribution < -0.4 is 5.73 Å². The Hall–Kier alpha value is -1.66. The van der Waals surface area contributed by atoms with Crippen molar-refractivity contribution < 1.29 is 33.6 Å². The first-order chi connectivity index (χ1) is 18.0. The maximum absolute atomic E-state index is 11.5. The van der Waals surface area contributed by atoms with Crippen molar-refractivity contribution >= 4 is 40.5 Å². The second kappa shape index (κ2) is 18.7. The van der Waals surface area contributed by atoms with Gasteiger partial charge in [0.25, 0.3) is 0 Å². The summed E-state index contributed by atoms with van der Waals surface area (Å²) in [5, 5.41) is 11.1. The molecule has 0 aliphatic carbocycles. The van der Waals surface area contributed by atoms with Crippen LogP contribution in [0.4, 0.5) is 0 Å². The largest absolute Gasteiger partial charge is 0.481 e. The molecule has 1 heterocycles. The zero-order chi connectivity index (χ0) is 31.9. The lowest BCUT2D eigenvalue weighted by Crippen LogP contribution is -2.28. The minimum Gasteiger partial charge on any atom is -0.481 e. The number of carbonyl (C=O) groups is 2. The Morgan fingerprint density at radius 2 is 1.32 bits per heavy atom. The first-order valence-corrected chi connectivity index (χ1v) is 14.8. The predicted octanol–water partition coefficient (Wildman–Crippen LogP) is 6.48. The summed E-state index contributed by atoms with van der Waals surface area (Å²) >= 11 is 6.27. The summed E-state index contributed by atoms with van der Waals surface area (Å²) in [5.74, 6) is -1.24. The van der Waals surface area contributed by atoms with Gasteiger partial charge in [-0.1, -0.05) is 26.1 Å². The molecule has 1 rings (SSSR count). The number of nitrogens with two attached hydrogens (primary N) is 1. The fourth-order valence-electron chi connectivity index (χ4n) is 2.16. The Kier molecular flexibility index (Phi) is 18.9. The van der Waals surface area contributed by atoms with Crippen molar-refractivity contribution in [1.82, 2.24) is 4.98 Å². The van der Waals surface area contributed by atoms with Gasteiger partial charge in [0.15, 0.2) is 5.69 Å². The van der Waals surface area contributed by atoms with Crippen LogP contribution in [0.25, 0.3) is 0 Å². The van der Waals surface area contributed by atoms with Gasteiger partial charge in [0.2, 0.25) is 0 Å². The van der Waals surface area contributed by atoms with Crippen molar-refractivity contribution in [2.45, 2.75) is 113 Å². The molecule has 1 aromatic heterocycles. The molecular weight excluding hydrogens is 552 g/mol. The van der Waals surface area contributed by atoms with Crippen molar-refractivity contribution in [1.29, 1.82) is 0 Å². The van der Waals surface area contributed by atoms with E-state index in [9.17, 15) is 9.59 Å². The standard InChI is InChI=1S/C13H21NO3S.C8H17NOS.C8H16O3/c1-6-16-12(15)10-8-18-11(14-10)9(2)7-17-13(3,4)5;1-6(7(9)11)5-10-8(2,3)4;1-6(7(9)10)5-11-8(2,3)4/h8-9H,6-7H2,1-5H3;6H,5H2,1-4H3,(H2,9,11);6H,5H2,1-4H3,(H,9,10)/t9-;2*6-/m111/s1. The van der Waals surface area contributed by atoms with Gasteiger partial charge in [0.05, 0.1) is 59.1 Å². The molecule has 0 aromatic carbocycles. The Bertz CT molecular complexity index is 850. The summed E-state index contributed by atoms with van der Waals surface area (Å²) in [5.41, 5.74) is 5.30. The second-order valence-electron chi connectivity index (χ2n) is 12.5. The average Bonchev–Trinajstić information content (AvgIpc) is 3.29. The van der Waals surface area contributed by atoms with Gasteiger partial charge in [-0.05, 0) is 76.2 Å². The number of carboxylic acid groups (broad SMARTS) is 1. The highest BCUT2D eigenvalue weighted by atomic mass is 32.1. The summed E-state index contributed by atoms with van der Waals surface area (Å²) < 4.78 is 21.4. The molecule has 3 N–H and O–H groups in total. The molecule has 0 bridgehead atoms. The molecule has 3 atom stereocenters. The van der Waals surface area contributed by atoms with Crippen molar-refractivity contribution in [3.63, 3.8) is 0 Å². The van der Waals surface area contributed by atoms with E-state index >= 15 is 0 Å². The van der Waals surface area contributed by atoms with Gasteiger partial charge < -0.3 is 29.8 Å². The lowest BCUT2D eigenvalue weighted by atomic mass is 10.1. The highest BCUT2D eigenvalue weighted by Crippen LogP contribution is 2.22. The topological polar surface area (TPSA) is 130 Å². The van der Waals surface area contributed by atoms with E-state index in [4.69, 9.17) is 42.0 Å². The summed E-state index contributed by atoms with van der Waals surface area (Å²) in [6.45, 7) is 27.1. The first-order valence-electron chi connectivity index (χ1n) is 13.6. The highest BCUT2D eigenvalue weighted by molar-refractivity contribution is 7.80. The molecule has 234 valence electrons. The molecule has 0 aliphatic rings. The van der Waals surface area contributed by atoms with Crippen LogP contribution >= 0.6 is 23.6 Å². The number of thiocarbonyl (C=S) groups is 1. The van der Waals surface area contributed by atoms with Gasteiger partial charge in [0, 0.05) is 17.2 Å². The number of thiazole rings is 1. The van der Waals surface area contributed by atoms with Crippen LogP contribution in [0.5, 0.6) is 0 Å². The first kappa shape index (κ1) is 40.5. The zero-order valence-corrected chi connectivity index (χ0v) is 28.5. The third-order valence-electron chi connectivity index (χ3n) is 4.63. The van der Waals surface area contributed by atoms with Crippen molar-refractivity contribution in [2.24, 2.45) is 17.6 Å². The number of rotatable bonds is 11. The summed E-state index contributed by atoms with van der Waals surface area (Å²) in [6.07, 6.45) is 0. The number of hydrogen-bond acceptors (Lipinski definition) is 9. The summed E-state index contributed by atoms with van der Waals surface area (Å²) in [7, 11) is 0. The number of hydrogen-bond donors (Lipinski definition) is 2. The molecule has 40 heavy (non-hydrogen) atoms. The fraction of sp³-hybridized carbons (Fsp3) is 0.793. The van der Waals surface area contributed by atoms with E-state index in [0.717, 1.165) is 5.01 Å². The second-order valence-corrected chi connectivity index (χ2v) is 13.9. The van der Waals surface area contributed by atoms with E-state index in [1.165, 1.54) is 11.3 Å². The van der Waals surface area contributed by atoms with Crippen LogP contribution in [-0.4, -0.2) is 70.2 Å². The molecule has 0 saturated heterocycles. The fourth-order valence-corrected chi connectivity index (χ4v) is 3.06. The molecule has 0 spiro atoms.